The minimum Gasteiger partial charge on any atom is -0.354 e. The molecular weight excluding hydrogens is 357 g/mol. The van der Waals surface area contributed by atoms with Crippen molar-refractivity contribution in [3.8, 4) is 0 Å². The molecule has 0 aliphatic heterocycles. The topological polar surface area (TPSA) is 66.9 Å². The zero-order valence-corrected chi connectivity index (χ0v) is 14.6. The Kier molecular flexibility index (Phi) is 6.05. The van der Waals surface area contributed by atoms with Crippen LogP contribution in [-0.2, 0) is 0 Å². The first-order chi connectivity index (χ1) is 13.0. The number of halogens is 3. The van der Waals surface area contributed by atoms with Crippen molar-refractivity contribution in [2.45, 2.75) is 32.1 Å². The summed E-state index contributed by atoms with van der Waals surface area (Å²) in [6.45, 7) is 0.692. The van der Waals surface area contributed by atoms with E-state index < -0.39 is 29.0 Å². The van der Waals surface area contributed by atoms with Crippen molar-refractivity contribution in [3.63, 3.8) is 0 Å². The first kappa shape index (κ1) is 18.9. The van der Waals surface area contributed by atoms with E-state index in [4.69, 9.17) is 0 Å². The van der Waals surface area contributed by atoms with Crippen molar-refractivity contribution >= 4 is 17.5 Å². The Labute approximate surface area is 154 Å². The summed E-state index contributed by atoms with van der Waals surface area (Å²) in [6.07, 6.45) is 10.5. The van der Waals surface area contributed by atoms with Gasteiger partial charge in [-0.05, 0) is 44.2 Å². The molecule has 3 rings (SSSR count). The lowest BCUT2D eigenvalue weighted by Gasteiger charge is -2.13. The number of allylic oxidation sites excluding steroid dienone is 1. The minimum absolute atomic E-state index is 0.0691. The summed E-state index contributed by atoms with van der Waals surface area (Å²) in [6, 6.07) is 1.68. The Bertz CT molecular complexity index is 853. The number of carbonyl (C=O) groups is 1. The third-order valence-electron chi connectivity index (χ3n) is 4.31. The van der Waals surface area contributed by atoms with E-state index in [-0.39, 0.29) is 5.56 Å². The number of nitrogens with zero attached hydrogens (tertiary/aromatic N) is 2. The van der Waals surface area contributed by atoms with E-state index in [1.807, 2.05) is 0 Å². The molecule has 1 aromatic heterocycles. The van der Waals surface area contributed by atoms with Crippen LogP contribution in [0.5, 0.6) is 0 Å². The highest BCUT2D eigenvalue weighted by Gasteiger charge is 2.16. The van der Waals surface area contributed by atoms with Gasteiger partial charge < -0.3 is 10.6 Å². The number of rotatable bonds is 6. The molecule has 5 nitrogen and oxygen atoms in total. The average molecular weight is 376 g/mol. The zero-order chi connectivity index (χ0) is 19.2. The number of amides is 1. The fourth-order valence-electron chi connectivity index (χ4n) is 2.82. The van der Waals surface area contributed by atoms with E-state index >= 15 is 0 Å². The van der Waals surface area contributed by atoms with Gasteiger partial charge in [-0.15, -0.1) is 0 Å². The number of nitrogens with one attached hydrogen (secondary N) is 2. The number of benzene rings is 1. The molecule has 2 N–H and O–H groups in total. The van der Waals surface area contributed by atoms with Crippen LogP contribution in [0.25, 0.3) is 0 Å². The highest BCUT2D eigenvalue weighted by atomic mass is 19.2. The third kappa shape index (κ3) is 4.84. The van der Waals surface area contributed by atoms with Crippen LogP contribution in [0.3, 0.4) is 0 Å². The monoisotopic (exact) mass is 376 g/mol. The van der Waals surface area contributed by atoms with Crippen LogP contribution in [0, 0.1) is 17.5 Å². The Morgan fingerprint density at radius 1 is 1.07 bits per heavy atom. The van der Waals surface area contributed by atoms with Gasteiger partial charge in [0.25, 0.3) is 5.91 Å². The Hall–Kier alpha value is -2.90. The predicted molar refractivity (Wildman–Crippen MR) is 96.0 cm³/mol. The van der Waals surface area contributed by atoms with Gasteiger partial charge in [0.15, 0.2) is 17.5 Å². The molecule has 1 aliphatic rings. The summed E-state index contributed by atoms with van der Waals surface area (Å²) in [5.41, 5.74) is 1.04. The first-order valence-corrected chi connectivity index (χ1v) is 8.73. The summed E-state index contributed by atoms with van der Waals surface area (Å²) in [7, 11) is 0. The zero-order valence-electron chi connectivity index (χ0n) is 14.6. The lowest BCUT2D eigenvalue weighted by atomic mass is 9.97. The molecule has 0 atom stereocenters. The molecule has 0 radical (unpaired) electrons. The Balaban J connectivity index is 1.55. The number of anilines is 2. The van der Waals surface area contributed by atoms with Gasteiger partial charge in [-0.3, -0.25) is 4.79 Å². The van der Waals surface area contributed by atoms with Crippen LogP contribution in [0.1, 0.15) is 42.5 Å². The van der Waals surface area contributed by atoms with Crippen LogP contribution < -0.4 is 10.6 Å². The van der Waals surface area contributed by atoms with Crippen LogP contribution in [-0.4, -0.2) is 22.4 Å². The molecule has 1 aliphatic carbocycles. The largest absolute Gasteiger partial charge is 0.354 e. The highest BCUT2D eigenvalue weighted by molar-refractivity contribution is 6.03. The Morgan fingerprint density at radius 3 is 2.56 bits per heavy atom. The maximum Gasteiger partial charge on any atom is 0.258 e. The van der Waals surface area contributed by atoms with Crippen molar-refractivity contribution in [2.24, 2.45) is 0 Å². The summed E-state index contributed by atoms with van der Waals surface area (Å²) in [4.78, 5) is 20.2. The predicted octanol–water partition coefficient (Wildman–Crippen LogP) is 4.45. The van der Waals surface area contributed by atoms with Gasteiger partial charge in [0.2, 0.25) is 5.95 Å². The molecule has 0 fully saturated rings. The maximum atomic E-state index is 13.6. The fourth-order valence-corrected chi connectivity index (χ4v) is 2.82. The van der Waals surface area contributed by atoms with E-state index in [2.05, 4.69) is 26.7 Å². The third-order valence-corrected chi connectivity index (χ3v) is 4.31. The molecule has 0 saturated carbocycles. The molecule has 2 aromatic rings. The SMILES string of the molecule is O=C(Nc1ccc(F)c(F)c1F)c1cnc(NCCC2=CCCCC2)nc1. The molecular formula is C19H19F3N4O. The molecule has 0 bridgehead atoms. The maximum absolute atomic E-state index is 13.6. The summed E-state index contributed by atoms with van der Waals surface area (Å²) in [5, 5.41) is 5.26. The van der Waals surface area contributed by atoms with Gasteiger partial charge in [-0.25, -0.2) is 23.1 Å². The molecule has 1 aromatic carbocycles. The van der Waals surface area contributed by atoms with Crippen molar-refractivity contribution in [3.05, 3.63) is 59.2 Å². The fraction of sp³-hybridized carbons (Fsp3) is 0.316. The van der Waals surface area contributed by atoms with E-state index in [0.717, 1.165) is 31.4 Å². The van der Waals surface area contributed by atoms with Gasteiger partial charge in [0.05, 0.1) is 11.3 Å². The van der Waals surface area contributed by atoms with Crippen LogP contribution in [0.4, 0.5) is 24.8 Å². The normalized spacial score (nSPS) is 13.8. The van der Waals surface area contributed by atoms with E-state index in [1.165, 1.54) is 30.8 Å². The van der Waals surface area contributed by atoms with Crippen molar-refractivity contribution in [1.82, 2.24) is 9.97 Å². The molecule has 0 unspecified atom stereocenters. The Morgan fingerprint density at radius 2 is 1.85 bits per heavy atom. The quantitative estimate of drug-likeness (QED) is 0.577. The second-order valence-corrected chi connectivity index (χ2v) is 6.26. The molecule has 27 heavy (non-hydrogen) atoms. The highest BCUT2D eigenvalue weighted by Crippen LogP contribution is 2.21. The molecule has 1 heterocycles. The number of aromatic nitrogens is 2. The van der Waals surface area contributed by atoms with E-state index in [9.17, 15) is 18.0 Å². The summed E-state index contributed by atoms with van der Waals surface area (Å²) < 4.78 is 39.8. The van der Waals surface area contributed by atoms with E-state index in [1.54, 1.807) is 0 Å². The lowest BCUT2D eigenvalue weighted by molar-refractivity contribution is 0.102. The van der Waals surface area contributed by atoms with Crippen LogP contribution in [0.2, 0.25) is 0 Å². The van der Waals surface area contributed by atoms with Gasteiger partial charge in [-0.2, -0.15) is 0 Å². The van der Waals surface area contributed by atoms with Crippen molar-refractivity contribution in [1.29, 1.82) is 0 Å². The summed E-state index contributed by atoms with van der Waals surface area (Å²) >= 11 is 0. The van der Waals surface area contributed by atoms with Gasteiger partial charge in [-0.1, -0.05) is 11.6 Å². The number of hydrogen-bond donors (Lipinski definition) is 2. The van der Waals surface area contributed by atoms with Gasteiger partial charge >= 0.3 is 0 Å². The molecule has 0 saturated heterocycles. The molecule has 142 valence electrons. The van der Waals surface area contributed by atoms with Gasteiger partial charge in [0, 0.05) is 18.9 Å². The lowest BCUT2D eigenvalue weighted by Crippen LogP contribution is -2.15. The molecule has 8 heteroatoms. The van der Waals surface area contributed by atoms with E-state index in [0.29, 0.717) is 12.5 Å². The second kappa shape index (κ2) is 8.66. The van der Waals surface area contributed by atoms with Crippen LogP contribution >= 0.6 is 0 Å². The molecule has 1 amide bonds. The van der Waals surface area contributed by atoms with Crippen molar-refractivity contribution < 1.29 is 18.0 Å². The number of carbonyl (C=O) groups excluding carboxylic acids is 1. The van der Waals surface area contributed by atoms with Crippen LogP contribution in [0.15, 0.2) is 36.2 Å². The summed E-state index contributed by atoms with van der Waals surface area (Å²) in [5.74, 6) is -4.77. The minimum atomic E-state index is -1.64. The molecule has 0 spiro atoms. The smallest absolute Gasteiger partial charge is 0.258 e. The van der Waals surface area contributed by atoms with Crippen molar-refractivity contribution in [2.75, 3.05) is 17.2 Å². The number of hydrogen-bond acceptors (Lipinski definition) is 4. The second-order valence-electron chi connectivity index (χ2n) is 6.26. The average Bonchev–Trinajstić information content (AvgIpc) is 2.70. The standard InChI is InChI=1S/C19H19F3N4O/c20-14-6-7-15(17(22)16(14)21)26-18(27)13-10-24-19(25-11-13)23-9-8-12-4-2-1-3-5-12/h4,6-7,10-11H,1-3,5,8-9H2,(H,26,27)(H,23,24,25). The first-order valence-electron chi connectivity index (χ1n) is 8.73. The van der Waals surface area contributed by atoms with Gasteiger partial charge in [0.1, 0.15) is 0 Å².